The predicted molar refractivity (Wildman–Crippen MR) is 124 cm³/mol. The van der Waals surface area contributed by atoms with Crippen LogP contribution in [0.1, 0.15) is 11.1 Å². The average Bonchev–Trinajstić information content (AvgIpc) is 2.82. The van der Waals surface area contributed by atoms with Gasteiger partial charge in [-0.15, -0.1) is 0 Å². The highest BCUT2D eigenvalue weighted by molar-refractivity contribution is 5.92. The molecule has 0 aliphatic carbocycles. The third-order valence-electron chi connectivity index (χ3n) is 5.30. The molecule has 0 radical (unpaired) electrons. The van der Waals surface area contributed by atoms with Crippen LogP contribution >= 0.6 is 0 Å². The normalized spacial score (nSPS) is 14.9. The van der Waals surface area contributed by atoms with Crippen molar-refractivity contribution in [3.8, 4) is 17.2 Å². The van der Waals surface area contributed by atoms with Gasteiger partial charge in [0, 0.05) is 44.4 Å². The Kier molecular flexibility index (Phi) is 8.12. The fraction of sp³-hybridized carbons (Fsp3) is 0.320. The van der Waals surface area contributed by atoms with Gasteiger partial charge in [-0.3, -0.25) is 9.69 Å². The Labute approximate surface area is 184 Å². The molecule has 0 spiro atoms. The lowest BCUT2D eigenvalue weighted by Crippen LogP contribution is -2.48. The van der Waals surface area contributed by atoms with Gasteiger partial charge >= 0.3 is 0 Å². The van der Waals surface area contributed by atoms with Gasteiger partial charge in [0.2, 0.25) is 11.7 Å². The third kappa shape index (κ3) is 5.89. The molecule has 0 bridgehead atoms. The van der Waals surface area contributed by atoms with Crippen LogP contribution in [0.4, 0.5) is 0 Å². The molecule has 6 nitrogen and oxygen atoms in total. The first-order valence-electron chi connectivity index (χ1n) is 10.4. The van der Waals surface area contributed by atoms with Gasteiger partial charge < -0.3 is 19.1 Å². The van der Waals surface area contributed by atoms with Gasteiger partial charge in [-0.2, -0.15) is 0 Å². The van der Waals surface area contributed by atoms with Gasteiger partial charge in [0.1, 0.15) is 0 Å². The smallest absolute Gasteiger partial charge is 0.246 e. The van der Waals surface area contributed by atoms with Crippen molar-refractivity contribution in [3.05, 3.63) is 65.7 Å². The largest absolute Gasteiger partial charge is 0.493 e. The monoisotopic (exact) mass is 422 g/mol. The van der Waals surface area contributed by atoms with E-state index in [0.717, 1.165) is 25.2 Å². The SMILES string of the molecule is COc1ccc(/C=C/C(=O)N2CCN(C/C=C/c3ccccc3)CC2)c(OC)c1OC. The zero-order valence-corrected chi connectivity index (χ0v) is 18.4. The Bertz CT molecular complexity index is 917. The molecule has 0 atom stereocenters. The first kappa shape index (κ1) is 22.4. The standard InChI is InChI=1S/C25H30N2O4/c1-29-22-13-11-21(24(30-2)25(22)31-3)12-14-23(28)27-18-16-26(17-19-27)15-7-10-20-8-5-4-6-9-20/h4-14H,15-19H2,1-3H3/b10-7+,14-12+. The number of hydrogen-bond donors (Lipinski definition) is 0. The lowest BCUT2D eigenvalue weighted by molar-refractivity contribution is -0.127. The molecule has 1 saturated heterocycles. The van der Waals surface area contributed by atoms with Crippen molar-refractivity contribution in [2.45, 2.75) is 0 Å². The minimum absolute atomic E-state index is 0.00341. The zero-order chi connectivity index (χ0) is 22.1. The van der Waals surface area contributed by atoms with E-state index in [2.05, 4.69) is 29.2 Å². The van der Waals surface area contributed by atoms with Gasteiger partial charge in [0.25, 0.3) is 0 Å². The highest BCUT2D eigenvalue weighted by atomic mass is 16.5. The summed E-state index contributed by atoms with van der Waals surface area (Å²) >= 11 is 0. The second-order valence-electron chi connectivity index (χ2n) is 7.20. The summed E-state index contributed by atoms with van der Waals surface area (Å²) in [4.78, 5) is 16.9. The molecule has 31 heavy (non-hydrogen) atoms. The molecule has 1 aliphatic rings. The molecule has 0 N–H and O–H groups in total. The number of benzene rings is 2. The van der Waals surface area contributed by atoms with Crippen LogP contribution in [-0.2, 0) is 4.79 Å². The third-order valence-corrected chi connectivity index (χ3v) is 5.30. The summed E-state index contributed by atoms with van der Waals surface area (Å²) in [5, 5.41) is 0. The molecular weight excluding hydrogens is 392 g/mol. The fourth-order valence-electron chi connectivity index (χ4n) is 3.57. The van der Waals surface area contributed by atoms with Gasteiger partial charge in [-0.05, 0) is 23.8 Å². The summed E-state index contributed by atoms with van der Waals surface area (Å²) in [5.74, 6) is 1.63. The van der Waals surface area contributed by atoms with Crippen LogP contribution in [0, 0.1) is 0 Å². The molecule has 0 saturated carbocycles. The molecule has 3 rings (SSSR count). The van der Waals surface area contributed by atoms with Crippen molar-refractivity contribution in [1.82, 2.24) is 9.80 Å². The molecule has 0 unspecified atom stereocenters. The number of rotatable bonds is 8. The van der Waals surface area contributed by atoms with Crippen molar-refractivity contribution in [2.75, 3.05) is 54.1 Å². The van der Waals surface area contributed by atoms with Crippen molar-refractivity contribution in [3.63, 3.8) is 0 Å². The topological polar surface area (TPSA) is 51.2 Å². The van der Waals surface area contributed by atoms with E-state index in [1.165, 1.54) is 5.56 Å². The van der Waals surface area contributed by atoms with Crippen molar-refractivity contribution in [2.24, 2.45) is 0 Å². The van der Waals surface area contributed by atoms with E-state index >= 15 is 0 Å². The Morgan fingerprint density at radius 1 is 0.871 bits per heavy atom. The Morgan fingerprint density at radius 2 is 1.58 bits per heavy atom. The van der Waals surface area contributed by atoms with Crippen molar-refractivity contribution < 1.29 is 19.0 Å². The number of carbonyl (C=O) groups excluding carboxylic acids is 1. The summed E-state index contributed by atoms with van der Waals surface area (Å²) in [6, 6.07) is 13.9. The molecule has 2 aromatic carbocycles. The molecule has 0 aromatic heterocycles. The van der Waals surface area contributed by atoms with Crippen molar-refractivity contribution in [1.29, 1.82) is 0 Å². The second-order valence-corrected chi connectivity index (χ2v) is 7.20. The molecule has 1 fully saturated rings. The molecule has 2 aromatic rings. The number of ether oxygens (including phenoxy) is 3. The maximum Gasteiger partial charge on any atom is 0.246 e. The van der Waals surface area contributed by atoms with Crippen molar-refractivity contribution >= 4 is 18.1 Å². The molecule has 6 heteroatoms. The number of nitrogens with zero attached hydrogens (tertiary/aromatic N) is 2. The van der Waals surface area contributed by atoms with E-state index in [0.29, 0.717) is 30.3 Å². The van der Waals surface area contributed by atoms with Crippen LogP contribution in [-0.4, -0.2) is 69.8 Å². The van der Waals surface area contributed by atoms with Crippen LogP contribution in [0.2, 0.25) is 0 Å². The molecule has 1 heterocycles. The van der Waals surface area contributed by atoms with E-state index in [-0.39, 0.29) is 5.91 Å². The highest BCUT2D eigenvalue weighted by Gasteiger charge is 2.19. The molecule has 1 amide bonds. The quantitative estimate of drug-likeness (QED) is 0.609. The summed E-state index contributed by atoms with van der Waals surface area (Å²) in [5.41, 5.74) is 1.96. The minimum atomic E-state index is -0.00341. The number of piperazine rings is 1. The van der Waals surface area contributed by atoms with E-state index in [4.69, 9.17) is 14.2 Å². The molecular formula is C25H30N2O4. The summed E-state index contributed by atoms with van der Waals surface area (Å²) in [6.07, 6.45) is 7.67. The van der Waals surface area contributed by atoms with Gasteiger partial charge in [-0.1, -0.05) is 42.5 Å². The summed E-state index contributed by atoms with van der Waals surface area (Å²) in [6.45, 7) is 4.03. The summed E-state index contributed by atoms with van der Waals surface area (Å²) in [7, 11) is 4.71. The van der Waals surface area contributed by atoms with Crippen LogP contribution in [0.3, 0.4) is 0 Å². The lowest BCUT2D eigenvalue weighted by Gasteiger charge is -2.33. The number of hydrogen-bond acceptors (Lipinski definition) is 5. The highest BCUT2D eigenvalue weighted by Crippen LogP contribution is 2.40. The second kappa shape index (κ2) is 11.2. The van der Waals surface area contributed by atoms with Crippen LogP contribution in [0.5, 0.6) is 17.2 Å². The maximum atomic E-state index is 12.7. The van der Waals surface area contributed by atoms with Gasteiger partial charge in [0.05, 0.1) is 21.3 Å². The van der Waals surface area contributed by atoms with E-state index < -0.39 is 0 Å². The molecule has 1 aliphatic heterocycles. The van der Waals surface area contributed by atoms with Crippen LogP contribution < -0.4 is 14.2 Å². The fourth-order valence-corrected chi connectivity index (χ4v) is 3.57. The lowest BCUT2D eigenvalue weighted by atomic mass is 10.1. The van der Waals surface area contributed by atoms with Crippen LogP contribution in [0.15, 0.2) is 54.6 Å². The Morgan fingerprint density at radius 3 is 2.23 bits per heavy atom. The summed E-state index contributed by atoms with van der Waals surface area (Å²) < 4.78 is 16.2. The number of carbonyl (C=O) groups is 1. The maximum absolute atomic E-state index is 12.7. The zero-order valence-electron chi connectivity index (χ0n) is 18.4. The van der Waals surface area contributed by atoms with Gasteiger partial charge in [-0.25, -0.2) is 0 Å². The number of methoxy groups -OCH3 is 3. The first-order chi connectivity index (χ1) is 15.2. The average molecular weight is 423 g/mol. The first-order valence-corrected chi connectivity index (χ1v) is 10.4. The Hall–Kier alpha value is -3.25. The Balaban J connectivity index is 1.54. The van der Waals surface area contributed by atoms with E-state index in [9.17, 15) is 4.79 Å². The molecule has 164 valence electrons. The minimum Gasteiger partial charge on any atom is -0.493 e. The number of amides is 1. The van der Waals surface area contributed by atoms with E-state index in [1.807, 2.05) is 29.2 Å². The van der Waals surface area contributed by atoms with E-state index in [1.54, 1.807) is 39.5 Å². The predicted octanol–water partition coefficient (Wildman–Crippen LogP) is 3.58. The van der Waals surface area contributed by atoms with Gasteiger partial charge in [0.15, 0.2) is 11.5 Å². The van der Waals surface area contributed by atoms with Crippen LogP contribution in [0.25, 0.3) is 12.2 Å².